The molecule has 0 fully saturated rings. The Kier molecular flexibility index (Phi) is 5.60. The number of rotatable bonds is 6. The van der Waals surface area contributed by atoms with Gasteiger partial charge in [0.1, 0.15) is 6.04 Å². The Morgan fingerprint density at radius 2 is 1.96 bits per heavy atom. The van der Waals surface area contributed by atoms with E-state index < -0.39 is 12.1 Å². The Bertz CT molecular complexity index is 880. The topological polar surface area (TPSA) is 115 Å². The highest BCUT2D eigenvalue weighted by Gasteiger charge is 2.25. The van der Waals surface area contributed by atoms with Crippen LogP contribution in [0.1, 0.15) is 25.8 Å². The van der Waals surface area contributed by atoms with Crippen LogP contribution in [0.15, 0.2) is 47.4 Å². The molecule has 0 aromatic carbocycles. The predicted octanol–water partition coefficient (Wildman–Crippen LogP) is 3.05. The molecule has 140 valence electrons. The van der Waals surface area contributed by atoms with Gasteiger partial charge in [-0.1, -0.05) is 19.0 Å². The third-order valence-electron chi connectivity index (χ3n) is 3.80. The summed E-state index contributed by atoms with van der Waals surface area (Å²) in [6, 6.07) is 6.09. The third-order valence-corrected chi connectivity index (χ3v) is 3.80. The first-order valence-electron chi connectivity index (χ1n) is 8.38. The third kappa shape index (κ3) is 4.57. The highest BCUT2D eigenvalue weighted by atomic mass is 16.5. The molecule has 3 aromatic rings. The first kappa shape index (κ1) is 18.3. The minimum Gasteiger partial charge on any atom is -0.481 e. The number of carbonyl (C=O) groups excluding carboxylic acids is 1. The van der Waals surface area contributed by atoms with Crippen molar-refractivity contribution in [2.24, 2.45) is 5.92 Å². The molecule has 3 rings (SSSR count). The minimum absolute atomic E-state index is 0.0375. The molecular formula is C18H20N6O3. The Labute approximate surface area is 156 Å². The van der Waals surface area contributed by atoms with Crippen LogP contribution in [0.5, 0.6) is 5.88 Å². The van der Waals surface area contributed by atoms with Crippen molar-refractivity contribution < 1.29 is 14.1 Å². The molecule has 3 aromatic heterocycles. The van der Waals surface area contributed by atoms with Gasteiger partial charge >= 0.3 is 6.03 Å². The van der Waals surface area contributed by atoms with Gasteiger partial charge in [-0.3, -0.25) is 4.98 Å². The normalized spacial score (nSPS) is 11.9. The van der Waals surface area contributed by atoms with Crippen molar-refractivity contribution in [2.75, 3.05) is 12.4 Å². The van der Waals surface area contributed by atoms with Crippen LogP contribution >= 0.6 is 0 Å². The molecule has 0 saturated heterocycles. The van der Waals surface area contributed by atoms with Crippen molar-refractivity contribution >= 4 is 11.7 Å². The number of ether oxygens (including phenoxy) is 1. The number of carbonyl (C=O) groups is 1. The monoisotopic (exact) mass is 368 g/mol. The van der Waals surface area contributed by atoms with E-state index in [0.717, 1.165) is 5.56 Å². The number of urea groups is 1. The van der Waals surface area contributed by atoms with Crippen LogP contribution in [0, 0.1) is 5.92 Å². The van der Waals surface area contributed by atoms with E-state index in [9.17, 15) is 4.79 Å². The smallest absolute Gasteiger partial charge is 0.319 e. The van der Waals surface area contributed by atoms with Crippen molar-refractivity contribution in [2.45, 2.75) is 19.9 Å². The van der Waals surface area contributed by atoms with E-state index in [1.54, 1.807) is 36.7 Å². The fourth-order valence-electron chi connectivity index (χ4n) is 2.38. The van der Waals surface area contributed by atoms with Gasteiger partial charge in [-0.15, -0.1) is 0 Å². The van der Waals surface area contributed by atoms with Crippen molar-refractivity contribution in [3.05, 3.63) is 48.7 Å². The minimum atomic E-state index is -0.445. The number of amides is 2. The molecule has 9 nitrogen and oxygen atoms in total. The molecule has 0 aliphatic rings. The molecule has 0 spiro atoms. The molecular weight excluding hydrogens is 348 g/mol. The number of hydrogen-bond acceptors (Lipinski definition) is 7. The maximum atomic E-state index is 12.4. The van der Waals surface area contributed by atoms with Gasteiger partial charge in [0.2, 0.25) is 17.6 Å². The summed E-state index contributed by atoms with van der Waals surface area (Å²) in [5.41, 5.74) is 1.33. The Hall–Kier alpha value is -3.49. The lowest BCUT2D eigenvalue weighted by atomic mass is 10.0. The van der Waals surface area contributed by atoms with Crippen LogP contribution in [0.2, 0.25) is 0 Å². The lowest BCUT2D eigenvalue weighted by Crippen LogP contribution is -2.35. The summed E-state index contributed by atoms with van der Waals surface area (Å²) in [5, 5.41) is 9.57. The van der Waals surface area contributed by atoms with E-state index in [2.05, 4.69) is 30.7 Å². The fourth-order valence-corrected chi connectivity index (χ4v) is 2.38. The SMILES string of the molecule is COc1ccc(NC(=O)NC(c2nc(-c3ccncc3)no2)C(C)C)cn1. The van der Waals surface area contributed by atoms with E-state index in [0.29, 0.717) is 23.3 Å². The van der Waals surface area contributed by atoms with Crippen LogP contribution in [0.25, 0.3) is 11.4 Å². The molecule has 1 atom stereocenters. The van der Waals surface area contributed by atoms with Crippen molar-refractivity contribution in [1.29, 1.82) is 0 Å². The van der Waals surface area contributed by atoms with Gasteiger partial charge in [0.05, 0.1) is 19.0 Å². The van der Waals surface area contributed by atoms with Crippen LogP contribution < -0.4 is 15.4 Å². The number of methoxy groups -OCH3 is 1. The van der Waals surface area contributed by atoms with E-state index >= 15 is 0 Å². The van der Waals surface area contributed by atoms with Gasteiger partial charge < -0.3 is 19.9 Å². The molecule has 2 N–H and O–H groups in total. The summed E-state index contributed by atoms with van der Waals surface area (Å²) >= 11 is 0. The summed E-state index contributed by atoms with van der Waals surface area (Å²) in [5.74, 6) is 1.28. The van der Waals surface area contributed by atoms with Gasteiger partial charge in [-0.2, -0.15) is 4.98 Å². The maximum Gasteiger partial charge on any atom is 0.319 e. The standard InChI is InChI=1S/C18H20N6O3/c1-11(2)15(17-23-16(24-27-17)12-6-8-19-9-7-12)22-18(25)21-13-4-5-14(26-3)20-10-13/h4-11,15H,1-3H3,(H2,21,22,25). The van der Waals surface area contributed by atoms with Crippen molar-refractivity contribution in [1.82, 2.24) is 25.4 Å². The first-order chi connectivity index (χ1) is 13.1. The summed E-state index contributed by atoms with van der Waals surface area (Å²) in [7, 11) is 1.53. The van der Waals surface area contributed by atoms with Gasteiger partial charge in [0.15, 0.2) is 0 Å². The summed E-state index contributed by atoms with van der Waals surface area (Å²) in [4.78, 5) is 24.8. The largest absolute Gasteiger partial charge is 0.481 e. The Balaban J connectivity index is 1.70. The quantitative estimate of drug-likeness (QED) is 0.687. The van der Waals surface area contributed by atoms with Crippen LogP contribution in [0.3, 0.4) is 0 Å². The summed E-state index contributed by atoms with van der Waals surface area (Å²) in [6.07, 6.45) is 4.82. The van der Waals surface area contributed by atoms with E-state index in [-0.39, 0.29) is 5.92 Å². The second-order valence-electron chi connectivity index (χ2n) is 6.10. The van der Waals surface area contributed by atoms with Gasteiger partial charge in [-0.05, 0) is 24.1 Å². The lowest BCUT2D eigenvalue weighted by Gasteiger charge is -2.18. The summed E-state index contributed by atoms with van der Waals surface area (Å²) in [6.45, 7) is 3.91. The lowest BCUT2D eigenvalue weighted by molar-refractivity contribution is 0.236. The van der Waals surface area contributed by atoms with Crippen molar-refractivity contribution in [3.8, 4) is 17.3 Å². The molecule has 3 heterocycles. The molecule has 0 saturated carbocycles. The van der Waals surface area contributed by atoms with Crippen LogP contribution in [-0.4, -0.2) is 33.2 Å². The van der Waals surface area contributed by atoms with Crippen LogP contribution in [0.4, 0.5) is 10.5 Å². The zero-order valence-electron chi connectivity index (χ0n) is 15.2. The number of pyridine rings is 2. The second kappa shape index (κ2) is 8.26. The molecule has 0 radical (unpaired) electrons. The molecule has 2 amide bonds. The molecule has 0 aliphatic carbocycles. The number of nitrogens with one attached hydrogen (secondary N) is 2. The highest BCUT2D eigenvalue weighted by Crippen LogP contribution is 2.23. The molecule has 1 unspecified atom stereocenters. The average Bonchev–Trinajstić information content (AvgIpc) is 3.17. The number of nitrogens with zero attached hydrogens (tertiary/aromatic N) is 4. The van der Waals surface area contributed by atoms with E-state index in [1.807, 2.05) is 13.8 Å². The molecule has 0 bridgehead atoms. The average molecular weight is 368 g/mol. The Morgan fingerprint density at radius 3 is 2.59 bits per heavy atom. The van der Waals surface area contributed by atoms with Gasteiger partial charge in [0.25, 0.3) is 0 Å². The zero-order valence-corrected chi connectivity index (χ0v) is 15.2. The predicted molar refractivity (Wildman–Crippen MR) is 98.1 cm³/mol. The number of anilines is 1. The molecule has 9 heteroatoms. The highest BCUT2D eigenvalue weighted by molar-refractivity contribution is 5.89. The second-order valence-corrected chi connectivity index (χ2v) is 6.10. The summed E-state index contributed by atoms with van der Waals surface area (Å²) < 4.78 is 10.4. The number of hydrogen-bond donors (Lipinski definition) is 2. The van der Waals surface area contributed by atoms with Gasteiger partial charge in [0, 0.05) is 24.0 Å². The van der Waals surface area contributed by atoms with E-state index in [4.69, 9.17) is 9.26 Å². The first-order valence-corrected chi connectivity index (χ1v) is 8.38. The maximum absolute atomic E-state index is 12.4. The van der Waals surface area contributed by atoms with E-state index in [1.165, 1.54) is 13.3 Å². The van der Waals surface area contributed by atoms with Gasteiger partial charge in [-0.25, -0.2) is 9.78 Å². The number of aromatic nitrogens is 4. The van der Waals surface area contributed by atoms with Crippen molar-refractivity contribution in [3.63, 3.8) is 0 Å². The zero-order chi connectivity index (χ0) is 19.2. The fraction of sp³-hybridized carbons (Fsp3) is 0.278. The Morgan fingerprint density at radius 1 is 1.19 bits per heavy atom. The molecule has 0 aliphatic heterocycles. The molecule has 27 heavy (non-hydrogen) atoms. The van der Waals surface area contributed by atoms with Crippen LogP contribution in [-0.2, 0) is 0 Å².